The molecule has 94 valence electrons. The Kier molecular flexibility index (Phi) is 2.66. The molecule has 3 rings (SSSR count). The summed E-state index contributed by atoms with van der Waals surface area (Å²) < 4.78 is 11.1. The van der Waals surface area contributed by atoms with Crippen LogP contribution in [0, 0.1) is 17.2 Å². The number of rotatable bonds is 1. The molecule has 18 heavy (non-hydrogen) atoms. The molecule has 0 saturated heterocycles. The van der Waals surface area contributed by atoms with Crippen LogP contribution in [-0.4, -0.2) is 13.2 Å². The first-order chi connectivity index (χ1) is 8.76. The average molecular weight is 243 g/mol. The van der Waals surface area contributed by atoms with E-state index < -0.39 is 0 Å². The van der Waals surface area contributed by atoms with E-state index in [1.165, 1.54) is 0 Å². The summed E-state index contributed by atoms with van der Waals surface area (Å²) >= 11 is 0. The Bertz CT molecular complexity index is 506. The van der Waals surface area contributed by atoms with E-state index in [-0.39, 0.29) is 5.41 Å². The number of hydrogen-bond donors (Lipinski definition) is 0. The molecule has 1 saturated carbocycles. The Balaban J connectivity index is 2.04. The van der Waals surface area contributed by atoms with Gasteiger partial charge in [-0.05, 0) is 36.5 Å². The number of hydrogen-bond acceptors (Lipinski definition) is 3. The zero-order chi connectivity index (χ0) is 12.6. The molecule has 2 aliphatic rings. The van der Waals surface area contributed by atoms with Crippen molar-refractivity contribution < 1.29 is 9.47 Å². The van der Waals surface area contributed by atoms with Crippen LogP contribution < -0.4 is 9.47 Å². The van der Waals surface area contributed by atoms with E-state index in [1.807, 2.05) is 18.2 Å². The highest BCUT2D eigenvalue weighted by atomic mass is 16.6. The normalized spacial score (nSPS) is 29.9. The van der Waals surface area contributed by atoms with Crippen molar-refractivity contribution in [3.05, 3.63) is 23.8 Å². The lowest BCUT2D eigenvalue weighted by Crippen LogP contribution is -2.27. The SMILES string of the molecule is CC1CCCC1(C#N)c1ccc2c(c1)OCCO2. The summed E-state index contributed by atoms with van der Waals surface area (Å²) in [7, 11) is 0. The summed E-state index contributed by atoms with van der Waals surface area (Å²) in [4.78, 5) is 0. The van der Waals surface area contributed by atoms with Gasteiger partial charge < -0.3 is 9.47 Å². The summed E-state index contributed by atoms with van der Waals surface area (Å²) in [5, 5.41) is 9.62. The van der Waals surface area contributed by atoms with E-state index in [0.29, 0.717) is 19.1 Å². The van der Waals surface area contributed by atoms with Gasteiger partial charge in [0.15, 0.2) is 11.5 Å². The van der Waals surface area contributed by atoms with Gasteiger partial charge in [-0.2, -0.15) is 5.26 Å². The van der Waals surface area contributed by atoms with Gasteiger partial charge in [-0.1, -0.05) is 19.4 Å². The summed E-state index contributed by atoms with van der Waals surface area (Å²) in [6.07, 6.45) is 3.20. The van der Waals surface area contributed by atoms with Crippen LogP contribution in [0.4, 0.5) is 0 Å². The summed E-state index contributed by atoms with van der Waals surface area (Å²) in [6.45, 7) is 3.37. The van der Waals surface area contributed by atoms with Gasteiger partial charge >= 0.3 is 0 Å². The summed E-state index contributed by atoms with van der Waals surface area (Å²) in [5.41, 5.74) is 0.745. The number of benzene rings is 1. The fourth-order valence-corrected chi connectivity index (χ4v) is 3.16. The maximum absolute atomic E-state index is 9.62. The third-order valence-corrected chi connectivity index (χ3v) is 4.31. The first-order valence-electron chi connectivity index (χ1n) is 6.58. The molecule has 3 heteroatoms. The number of ether oxygens (including phenoxy) is 2. The van der Waals surface area contributed by atoms with E-state index >= 15 is 0 Å². The van der Waals surface area contributed by atoms with Crippen LogP contribution in [0.15, 0.2) is 18.2 Å². The second-order valence-electron chi connectivity index (χ2n) is 5.23. The highest BCUT2D eigenvalue weighted by Crippen LogP contribution is 2.47. The lowest BCUT2D eigenvalue weighted by atomic mass is 9.74. The third-order valence-electron chi connectivity index (χ3n) is 4.31. The maximum atomic E-state index is 9.62. The minimum Gasteiger partial charge on any atom is -0.486 e. The van der Waals surface area contributed by atoms with Gasteiger partial charge in [0.25, 0.3) is 0 Å². The number of fused-ring (bicyclic) bond motifs is 1. The molecule has 0 amide bonds. The van der Waals surface area contributed by atoms with Gasteiger partial charge in [0.2, 0.25) is 0 Å². The molecule has 0 N–H and O–H groups in total. The first-order valence-corrected chi connectivity index (χ1v) is 6.58. The van der Waals surface area contributed by atoms with E-state index in [1.54, 1.807) is 0 Å². The third kappa shape index (κ3) is 1.56. The molecule has 0 radical (unpaired) electrons. The van der Waals surface area contributed by atoms with E-state index in [9.17, 15) is 5.26 Å². The van der Waals surface area contributed by atoms with Gasteiger partial charge in [0.1, 0.15) is 13.2 Å². The van der Waals surface area contributed by atoms with Gasteiger partial charge in [-0.3, -0.25) is 0 Å². The lowest BCUT2D eigenvalue weighted by molar-refractivity contribution is 0.171. The zero-order valence-corrected chi connectivity index (χ0v) is 10.6. The van der Waals surface area contributed by atoms with Gasteiger partial charge in [0.05, 0.1) is 11.5 Å². The van der Waals surface area contributed by atoms with Gasteiger partial charge in [-0.25, -0.2) is 0 Å². The fourth-order valence-electron chi connectivity index (χ4n) is 3.16. The van der Waals surface area contributed by atoms with Crippen molar-refractivity contribution in [3.8, 4) is 17.6 Å². The van der Waals surface area contributed by atoms with Crippen molar-refractivity contribution in [2.45, 2.75) is 31.6 Å². The monoisotopic (exact) mass is 243 g/mol. The molecule has 1 aliphatic carbocycles. The fraction of sp³-hybridized carbons (Fsp3) is 0.533. The van der Waals surface area contributed by atoms with Crippen LogP contribution in [0.1, 0.15) is 31.7 Å². The van der Waals surface area contributed by atoms with Crippen LogP contribution in [-0.2, 0) is 5.41 Å². The van der Waals surface area contributed by atoms with E-state index in [0.717, 1.165) is 36.3 Å². The Morgan fingerprint density at radius 3 is 2.72 bits per heavy atom. The van der Waals surface area contributed by atoms with Crippen molar-refractivity contribution in [1.29, 1.82) is 5.26 Å². The second-order valence-corrected chi connectivity index (χ2v) is 5.23. The molecule has 1 aromatic rings. The van der Waals surface area contributed by atoms with Crippen molar-refractivity contribution in [2.24, 2.45) is 5.92 Å². The molecule has 1 fully saturated rings. The molecule has 3 nitrogen and oxygen atoms in total. The lowest BCUT2D eigenvalue weighted by Gasteiger charge is -2.28. The highest BCUT2D eigenvalue weighted by molar-refractivity contribution is 5.48. The Morgan fingerprint density at radius 2 is 2.06 bits per heavy atom. The summed E-state index contributed by atoms with van der Waals surface area (Å²) in [5.74, 6) is 1.99. The largest absolute Gasteiger partial charge is 0.486 e. The zero-order valence-electron chi connectivity index (χ0n) is 10.6. The molecule has 2 unspecified atom stereocenters. The molecule has 1 aromatic carbocycles. The van der Waals surface area contributed by atoms with Crippen molar-refractivity contribution in [2.75, 3.05) is 13.2 Å². The average Bonchev–Trinajstić information content (AvgIpc) is 2.80. The topological polar surface area (TPSA) is 42.2 Å². The van der Waals surface area contributed by atoms with Crippen LogP contribution in [0.25, 0.3) is 0 Å². The van der Waals surface area contributed by atoms with E-state index in [2.05, 4.69) is 13.0 Å². The molecule has 0 bridgehead atoms. The molecule has 1 heterocycles. The van der Waals surface area contributed by atoms with Crippen molar-refractivity contribution in [1.82, 2.24) is 0 Å². The highest BCUT2D eigenvalue weighted by Gasteiger charge is 2.42. The standard InChI is InChI=1S/C15H17NO2/c1-11-3-2-6-15(11,10-16)12-4-5-13-14(9-12)18-8-7-17-13/h4-5,9,11H,2-3,6-8H2,1H3. The van der Waals surface area contributed by atoms with Crippen molar-refractivity contribution >= 4 is 0 Å². The Hall–Kier alpha value is -1.69. The van der Waals surface area contributed by atoms with Crippen LogP contribution in [0.3, 0.4) is 0 Å². The number of nitrogens with zero attached hydrogens (tertiary/aromatic N) is 1. The quantitative estimate of drug-likeness (QED) is 0.761. The molecule has 0 aromatic heterocycles. The maximum Gasteiger partial charge on any atom is 0.161 e. The van der Waals surface area contributed by atoms with Gasteiger partial charge in [0, 0.05) is 0 Å². The predicted molar refractivity (Wildman–Crippen MR) is 67.7 cm³/mol. The van der Waals surface area contributed by atoms with Crippen molar-refractivity contribution in [3.63, 3.8) is 0 Å². The minimum absolute atomic E-state index is 0.337. The van der Waals surface area contributed by atoms with Crippen LogP contribution in [0.2, 0.25) is 0 Å². The minimum atomic E-state index is -0.337. The first kappa shape index (κ1) is 11.4. The molecule has 2 atom stereocenters. The second kappa shape index (κ2) is 4.20. The molecule has 0 spiro atoms. The predicted octanol–water partition coefficient (Wildman–Crippen LogP) is 3.04. The van der Waals surface area contributed by atoms with E-state index in [4.69, 9.17) is 9.47 Å². The Labute approximate surface area is 107 Å². The van der Waals surface area contributed by atoms with Gasteiger partial charge in [-0.15, -0.1) is 0 Å². The number of nitriles is 1. The molecular formula is C15H17NO2. The van der Waals surface area contributed by atoms with Crippen LogP contribution in [0.5, 0.6) is 11.5 Å². The summed E-state index contributed by atoms with van der Waals surface area (Å²) in [6, 6.07) is 8.52. The smallest absolute Gasteiger partial charge is 0.161 e. The molecular weight excluding hydrogens is 226 g/mol. The van der Waals surface area contributed by atoms with Crippen LogP contribution >= 0.6 is 0 Å². The molecule has 1 aliphatic heterocycles. The Morgan fingerprint density at radius 1 is 1.28 bits per heavy atom.